The minimum Gasteiger partial charge on any atom is -0.493 e. The number of likely N-dealkylation sites (N-methyl/N-ethyl adjacent to an activating group) is 1. The average molecular weight is 437 g/mol. The second-order valence-electron chi connectivity index (χ2n) is 7.91. The third kappa shape index (κ3) is 4.78. The summed E-state index contributed by atoms with van der Waals surface area (Å²) in [6.07, 6.45) is 1.36. The maximum absolute atomic E-state index is 13.1. The van der Waals surface area contributed by atoms with Crippen molar-refractivity contribution in [1.82, 2.24) is 4.90 Å². The number of carbonyl (C=O) groups is 2. The number of aryl methyl sites for hydroxylation is 1. The van der Waals surface area contributed by atoms with Crippen LogP contribution in [0.5, 0.6) is 11.5 Å². The Hall–Kier alpha value is -3.73. The van der Waals surface area contributed by atoms with E-state index in [2.05, 4.69) is 6.07 Å². The smallest absolute Gasteiger partial charge is 0.323 e. The van der Waals surface area contributed by atoms with Gasteiger partial charge in [0.2, 0.25) is 5.91 Å². The van der Waals surface area contributed by atoms with Crippen molar-refractivity contribution in [2.75, 3.05) is 39.3 Å². The number of amides is 1. The van der Waals surface area contributed by atoms with Gasteiger partial charge in [-0.1, -0.05) is 6.07 Å². The molecule has 0 unspecified atom stereocenters. The van der Waals surface area contributed by atoms with Crippen LogP contribution in [-0.2, 0) is 22.4 Å². The highest BCUT2D eigenvalue weighted by Crippen LogP contribution is 2.36. The van der Waals surface area contributed by atoms with Crippen LogP contribution in [0.25, 0.3) is 0 Å². The van der Waals surface area contributed by atoms with Gasteiger partial charge in [-0.05, 0) is 60.7 Å². The number of nitriles is 1. The Bertz CT molecular complexity index is 1040. The Labute approximate surface area is 187 Å². The molecule has 0 saturated heterocycles. The number of carboxylic acids is 1. The van der Waals surface area contributed by atoms with Crippen LogP contribution in [0.1, 0.15) is 22.3 Å². The summed E-state index contributed by atoms with van der Waals surface area (Å²) >= 11 is 0. The van der Waals surface area contributed by atoms with Gasteiger partial charge in [-0.2, -0.15) is 5.26 Å². The number of carboxylic acid groups (broad SMARTS) is 1. The van der Waals surface area contributed by atoms with Crippen LogP contribution in [0.2, 0.25) is 0 Å². The van der Waals surface area contributed by atoms with Crippen molar-refractivity contribution >= 4 is 17.6 Å². The molecular weight excluding hydrogens is 410 g/mol. The molecule has 1 aliphatic rings. The van der Waals surface area contributed by atoms with Crippen LogP contribution < -0.4 is 14.4 Å². The zero-order chi connectivity index (χ0) is 23.4. The SMILES string of the molecule is COc1cc2c(cc1OC)CC(N(C)C(=O)CN(CC(=O)O)c1cc(C#N)ccc1C)C2. The largest absolute Gasteiger partial charge is 0.493 e. The summed E-state index contributed by atoms with van der Waals surface area (Å²) in [6.45, 7) is 1.39. The summed E-state index contributed by atoms with van der Waals surface area (Å²) in [7, 11) is 4.92. The number of hydrogen-bond donors (Lipinski definition) is 1. The maximum atomic E-state index is 13.1. The van der Waals surface area contributed by atoms with Crippen molar-refractivity contribution in [3.05, 3.63) is 52.6 Å². The monoisotopic (exact) mass is 437 g/mol. The molecule has 168 valence electrons. The fourth-order valence-electron chi connectivity index (χ4n) is 4.08. The molecule has 1 amide bonds. The van der Waals surface area contributed by atoms with Crippen molar-refractivity contribution in [2.45, 2.75) is 25.8 Å². The van der Waals surface area contributed by atoms with E-state index in [9.17, 15) is 20.0 Å². The van der Waals surface area contributed by atoms with Crippen LogP contribution >= 0.6 is 0 Å². The molecule has 0 aromatic heterocycles. The molecule has 2 aromatic rings. The van der Waals surface area contributed by atoms with Gasteiger partial charge >= 0.3 is 5.97 Å². The van der Waals surface area contributed by atoms with E-state index in [1.54, 1.807) is 44.4 Å². The molecule has 0 spiro atoms. The minimum atomic E-state index is -1.05. The van der Waals surface area contributed by atoms with Crippen LogP contribution in [0.3, 0.4) is 0 Å². The Balaban J connectivity index is 1.78. The van der Waals surface area contributed by atoms with E-state index in [4.69, 9.17) is 9.47 Å². The Kier molecular flexibility index (Phi) is 6.89. The first-order valence-corrected chi connectivity index (χ1v) is 10.2. The fraction of sp³-hybridized carbons (Fsp3) is 0.375. The molecule has 0 saturated carbocycles. The zero-order valence-corrected chi connectivity index (χ0v) is 18.7. The Morgan fingerprint density at radius 1 is 1.09 bits per heavy atom. The predicted molar refractivity (Wildman–Crippen MR) is 119 cm³/mol. The minimum absolute atomic E-state index is 0.0486. The number of hydrogen-bond acceptors (Lipinski definition) is 6. The predicted octanol–water partition coefficient (Wildman–Crippen LogP) is 2.40. The molecule has 0 atom stereocenters. The lowest BCUT2D eigenvalue weighted by atomic mass is 10.1. The topological polar surface area (TPSA) is 103 Å². The number of nitrogens with zero attached hydrogens (tertiary/aromatic N) is 3. The van der Waals surface area contributed by atoms with E-state index in [1.165, 1.54) is 4.90 Å². The number of ether oxygens (including phenoxy) is 2. The van der Waals surface area contributed by atoms with Crippen molar-refractivity contribution in [3.8, 4) is 17.6 Å². The normalized spacial score (nSPS) is 12.6. The summed E-state index contributed by atoms with van der Waals surface area (Å²) in [4.78, 5) is 27.8. The second kappa shape index (κ2) is 9.60. The molecule has 3 rings (SSSR count). The lowest BCUT2D eigenvalue weighted by molar-refractivity contribution is -0.135. The first-order chi connectivity index (χ1) is 15.3. The van der Waals surface area contributed by atoms with E-state index >= 15 is 0 Å². The van der Waals surface area contributed by atoms with Gasteiger partial charge in [0, 0.05) is 18.8 Å². The van der Waals surface area contributed by atoms with Gasteiger partial charge in [-0.3, -0.25) is 9.59 Å². The molecule has 0 aliphatic heterocycles. The van der Waals surface area contributed by atoms with E-state index in [1.807, 2.05) is 19.1 Å². The Morgan fingerprint density at radius 2 is 1.69 bits per heavy atom. The molecule has 2 aromatic carbocycles. The number of fused-ring (bicyclic) bond motifs is 1. The number of carbonyl (C=O) groups excluding carboxylic acids is 1. The summed E-state index contributed by atoms with van der Waals surface area (Å²) in [5.74, 6) is 0.0714. The van der Waals surface area contributed by atoms with Gasteiger partial charge in [0.15, 0.2) is 11.5 Å². The molecule has 1 aliphatic carbocycles. The molecule has 8 nitrogen and oxygen atoms in total. The molecule has 0 heterocycles. The van der Waals surface area contributed by atoms with Crippen molar-refractivity contribution < 1.29 is 24.2 Å². The highest BCUT2D eigenvalue weighted by Gasteiger charge is 2.30. The van der Waals surface area contributed by atoms with E-state index < -0.39 is 5.97 Å². The van der Waals surface area contributed by atoms with Crippen LogP contribution in [0.15, 0.2) is 30.3 Å². The van der Waals surface area contributed by atoms with Crippen molar-refractivity contribution in [2.24, 2.45) is 0 Å². The molecule has 8 heteroatoms. The average Bonchev–Trinajstić information content (AvgIpc) is 3.19. The van der Waals surface area contributed by atoms with E-state index in [0.717, 1.165) is 16.7 Å². The Morgan fingerprint density at radius 3 is 2.19 bits per heavy atom. The second-order valence-corrected chi connectivity index (χ2v) is 7.91. The lowest BCUT2D eigenvalue weighted by Gasteiger charge is -2.30. The van der Waals surface area contributed by atoms with Crippen molar-refractivity contribution in [3.63, 3.8) is 0 Å². The van der Waals surface area contributed by atoms with Crippen LogP contribution in [-0.4, -0.2) is 62.3 Å². The summed E-state index contributed by atoms with van der Waals surface area (Å²) in [5.41, 5.74) is 3.99. The number of anilines is 1. The quantitative estimate of drug-likeness (QED) is 0.676. The highest BCUT2D eigenvalue weighted by atomic mass is 16.5. The molecule has 0 bridgehead atoms. The van der Waals surface area contributed by atoms with Crippen molar-refractivity contribution in [1.29, 1.82) is 5.26 Å². The summed E-state index contributed by atoms with van der Waals surface area (Å²) in [5, 5.41) is 18.6. The summed E-state index contributed by atoms with van der Waals surface area (Å²) < 4.78 is 10.8. The van der Waals surface area contributed by atoms with E-state index in [-0.39, 0.29) is 25.0 Å². The molecule has 32 heavy (non-hydrogen) atoms. The zero-order valence-electron chi connectivity index (χ0n) is 18.7. The lowest BCUT2D eigenvalue weighted by Crippen LogP contribution is -2.45. The fourth-order valence-corrected chi connectivity index (χ4v) is 4.08. The molecule has 0 fully saturated rings. The number of aliphatic carboxylic acids is 1. The number of rotatable bonds is 8. The third-order valence-corrected chi connectivity index (χ3v) is 5.89. The first-order valence-electron chi connectivity index (χ1n) is 10.2. The summed E-state index contributed by atoms with van der Waals surface area (Å²) in [6, 6.07) is 10.9. The van der Waals surface area contributed by atoms with Gasteiger partial charge < -0.3 is 24.4 Å². The molecule has 0 radical (unpaired) electrons. The maximum Gasteiger partial charge on any atom is 0.323 e. The van der Waals surface area contributed by atoms with Crippen LogP contribution in [0.4, 0.5) is 5.69 Å². The first kappa shape index (κ1) is 22.9. The highest BCUT2D eigenvalue weighted by molar-refractivity contribution is 5.85. The van der Waals surface area contributed by atoms with Gasteiger partial charge in [0.05, 0.1) is 32.4 Å². The number of methoxy groups -OCH3 is 2. The molecular formula is C24H27N3O5. The van der Waals surface area contributed by atoms with Gasteiger partial charge in [-0.25, -0.2) is 0 Å². The van der Waals surface area contributed by atoms with Crippen LogP contribution in [0, 0.1) is 18.3 Å². The standard InChI is InChI=1S/C24H27N3O5/c1-15-5-6-16(12-25)7-20(15)27(14-24(29)30)13-23(28)26(2)19-8-17-10-21(31-3)22(32-4)11-18(17)9-19/h5-7,10-11,19H,8-9,13-14H2,1-4H3,(H,29,30). The van der Waals surface area contributed by atoms with Gasteiger partial charge in [-0.15, -0.1) is 0 Å². The van der Waals surface area contributed by atoms with Gasteiger partial charge in [0.25, 0.3) is 0 Å². The molecule has 1 N–H and O–H groups in total. The van der Waals surface area contributed by atoms with Gasteiger partial charge in [0.1, 0.15) is 6.54 Å². The third-order valence-electron chi connectivity index (χ3n) is 5.89. The van der Waals surface area contributed by atoms with E-state index in [0.29, 0.717) is 35.6 Å². The number of benzene rings is 2.